The van der Waals surface area contributed by atoms with Crippen LogP contribution in [-0.4, -0.2) is 17.9 Å². The molecule has 0 aromatic heterocycles. The fourth-order valence-corrected chi connectivity index (χ4v) is 1.62. The first-order valence-electron chi connectivity index (χ1n) is 5.38. The number of nitrogens with zero attached hydrogens (tertiary/aromatic N) is 1. The Morgan fingerprint density at radius 2 is 2.07 bits per heavy atom. The number of hydrogen-bond acceptors (Lipinski definition) is 2. The summed E-state index contributed by atoms with van der Waals surface area (Å²) in [5.74, 6) is 0.450. The van der Waals surface area contributed by atoms with E-state index in [0.29, 0.717) is 5.84 Å². The van der Waals surface area contributed by atoms with Gasteiger partial charge in [-0.05, 0) is 6.42 Å². The topological polar surface area (TPSA) is 67.5 Å². The van der Waals surface area contributed by atoms with Crippen molar-refractivity contribution in [2.75, 3.05) is 0 Å². The summed E-state index contributed by atoms with van der Waals surface area (Å²) < 4.78 is 0. The van der Waals surface area contributed by atoms with Gasteiger partial charge in [0.2, 0.25) is 0 Å². The maximum absolute atomic E-state index is 10.8. The molecule has 0 aliphatic carbocycles. The Labute approximate surface area is 85.0 Å². The van der Waals surface area contributed by atoms with Crippen molar-refractivity contribution in [3.05, 3.63) is 0 Å². The van der Waals surface area contributed by atoms with Crippen molar-refractivity contribution in [3.8, 4) is 0 Å². The first-order chi connectivity index (χ1) is 6.74. The standard InChI is InChI=1S/C10H19N3O/c1-2-3-4-5-6-7-8-9(11)13-10(14)12-8/h8H,2-7H2,1H3,(H3,11,12,13,14). The summed E-state index contributed by atoms with van der Waals surface area (Å²) in [7, 11) is 0. The molecular formula is C10H19N3O. The van der Waals surface area contributed by atoms with E-state index in [0.717, 1.165) is 12.8 Å². The number of nitrogens with one attached hydrogen (secondary N) is 1. The van der Waals surface area contributed by atoms with E-state index in [9.17, 15) is 4.79 Å². The minimum atomic E-state index is -0.291. The number of amidine groups is 1. The van der Waals surface area contributed by atoms with E-state index in [2.05, 4.69) is 17.2 Å². The third kappa shape index (κ3) is 3.36. The Morgan fingerprint density at radius 1 is 1.36 bits per heavy atom. The number of hydrogen-bond donors (Lipinski definition) is 2. The second-order valence-corrected chi connectivity index (χ2v) is 3.74. The third-order valence-electron chi connectivity index (χ3n) is 2.48. The van der Waals surface area contributed by atoms with Crippen LogP contribution in [0.25, 0.3) is 0 Å². The molecule has 1 aliphatic rings. The highest BCUT2D eigenvalue weighted by molar-refractivity contribution is 6.02. The van der Waals surface area contributed by atoms with Crippen molar-refractivity contribution in [3.63, 3.8) is 0 Å². The van der Waals surface area contributed by atoms with E-state index in [1.54, 1.807) is 0 Å². The van der Waals surface area contributed by atoms with E-state index in [1.807, 2.05) is 0 Å². The number of carbonyl (C=O) groups excluding carboxylic acids is 1. The minimum absolute atomic E-state index is 0.0101. The highest BCUT2D eigenvalue weighted by Crippen LogP contribution is 2.09. The molecule has 4 heteroatoms. The average Bonchev–Trinajstić information content (AvgIpc) is 2.45. The first-order valence-corrected chi connectivity index (χ1v) is 5.38. The largest absolute Gasteiger partial charge is 0.385 e. The van der Waals surface area contributed by atoms with Gasteiger partial charge in [-0.1, -0.05) is 39.0 Å². The maximum atomic E-state index is 10.8. The lowest BCUT2D eigenvalue weighted by Gasteiger charge is -2.09. The van der Waals surface area contributed by atoms with Crippen molar-refractivity contribution >= 4 is 11.9 Å². The van der Waals surface area contributed by atoms with Gasteiger partial charge < -0.3 is 11.1 Å². The molecule has 1 aliphatic heterocycles. The number of amides is 2. The summed E-state index contributed by atoms with van der Waals surface area (Å²) in [6.07, 6.45) is 7.07. The molecule has 2 amide bonds. The van der Waals surface area contributed by atoms with Crippen LogP contribution in [0.3, 0.4) is 0 Å². The highest BCUT2D eigenvalue weighted by Gasteiger charge is 2.22. The van der Waals surface area contributed by atoms with Crippen molar-refractivity contribution in [1.82, 2.24) is 5.32 Å². The van der Waals surface area contributed by atoms with Gasteiger partial charge in [-0.15, -0.1) is 0 Å². The van der Waals surface area contributed by atoms with Crippen LogP contribution >= 0.6 is 0 Å². The van der Waals surface area contributed by atoms with Gasteiger partial charge >= 0.3 is 6.03 Å². The molecule has 1 unspecified atom stereocenters. The summed E-state index contributed by atoms with van der Waals surface area (Å²) in [5.41, 5.74) is 5.58. The molecule has 0 fully saturated rings. The number of carbonyl (C=O) groups is 1. The van der Waals surface area contributed by atoms with E-state index >= 15 is 0 Å². The van der Waals surface area contributed by atoms with Gasteiger partial charge in [0.05, 0.1) is 6.04 Å². The zero-order valence-electron chi connectivity index (χ0n) is 8.75. The molecule has 4 nitrogen and oxygen atoms in total. The molecule has 80 valence electrons. The van der Waals surface area contributed by atoms with Gasteiger partial charge in [0, 0.05) is 0 Å². The molecule has 0 radical (unpaired) electrons. The smallest absolute Gasteiger partial charge is 0.343 e. The van der Waals surface area contributed by atoms with Gasteiger partial charge in [-0.2, -0.15) is 4.99 Å². The van der Waals surface area contributed by atoms with Crippen LogP contribution in [0.4, 0.5) is 4.79 Å². The van der Waals surface area contributed by atoms with Crippen LogP contribution in [0, 0.1) is 0 Å². The number of urea groups is 1. The zero-order chi connectivity index (χ0) is 10.4. The van der Waals surface area contributed by atoms with Crippen LogP contribution in [0.15, 0.2) is 4.99 Å². The monoisotopic (exact) mass is 197 g/mol. The predicted octanol–water partition coefficient (Wildman–Crippen LogP) is 1.80. The molecule has 0 aromatic carbocycles. The van der Waals surface area contributed by atoms with Gasteiger partial charge in [0.15, 0.2) is 0 Å². The molecule has 3 N–H and O–H groups in total. The Bertz CT molecular complexity index is 225. The summed E-state index contributed by atoms with van der Waals surface area (Å²) in [4.78, 5) is 14.5. The Kier molecular flexibility index (Phi) is 4.43. The summed E-state index contributed by atoms with van der Waals surface area (Å²) in [6.45, 7) is 2.20. The summed E-state index contributed by atoms with van der Waals surface area (Å²) >= 11 is 0. The van der Waals surface area contributed by atoms with Gasteiger partial charge in [-0.3, -0.25) is 0 Å². The first kappa shape index (κ1) is 11.0. The maximum Gasteiger partial charge on any atom is 0.343 e. The fraction of sp³-hybridized carbons (Fsp3) is 0.800. The zero-order valence-corrected chi connectivity index (χ0v) is 8.75. The van der Waals surface area contributed by atoms with Crippen LogP contribution in [0.5, 0.6) is 0 Å². The van der Waals surface area contributed by atoms with Crippen LogP contribution in [-0.2, 0) is 0 Å². The van der Waals surface area contributed by atoms with Crippen molar-refractivity contribution in [2.24, 2.45) is 10.7 Å². The molecule has 1 heterocycles. The van der Waals surface area contributed by atoms with Gasteiger partial charge in [-0.25, -0.2) is 4.79 Å². The lowest BCUT2D eigenvalue weighted by atomic mass is 10.1. The van der Waals surface area contributed by atoms with Crippen LogP contribution < -0.4 is 11.1 Å². The fourth-order valence-electron chi connectivity index (χ4n) is 1.62. The van der Waals surface area contributed by atoms with Crippen molar-refractivity contribution < 1.29 is 4.79 Å². The molecule has 0 saturated carbocycles. The number of nitrogens with two attached hydrogens (primary N) is 1. The predicted molar refractivity (Wildman–Crippen MR) is 57.3 cm³/mol. The summed E-state index contributed by atoms with van der Waals surface area (Å²) in [6, 6.07) is -0.301. The van der Waals surface area contributed by atoms with E-state index in [1.165, 1.54) is 25.7 Å². The van der Waals surface area contributed by atoms with E-state index in [4.69, 9.17) is 5.73 Å². The number of aliphatic imine (C=N–C) groups is 1. The Morgan fingerprint density at radius 3 is 2.64 bits per heavy atom. The third-order valence-corrected chi connectivity index (χ3v) is 2.48. The SMILES string of the molecule is CCCCCCCC1NC(=O)N=C1N. The number of unbranched alkanes of at least 4 members (excludes halogenated alkanes) is 4. The Balaban J connectivity index is 2.08. The molecule has 1 rings (SSSR count). The highest BCUT2D eigenvalue weighted by atomic mass is 16.2. The van der Waals surface area contributed by atoms with Crippen LogP contribution in [0.2, 0.25) is 0 Å². The average molecular weight is 197 g/mol. The van der Waals surface area contributed by atoms with E-state index in [-0.39, 0.29) is 12.1 Å². The molecular weight excluding hydrogens is 178 g/mol. The molecule has 0 aromatic rings. The lowest BCUT2D eigenvalue weighted by molar-refractivity contribution is 0.250. The van der Waals surface area contributed by atoms with E-state index < -0.39 is 0 Å². The molecule has 0 saturated heterocycles. The normalized spacial score (nSPS) is 20.8. The van der Waals surface area contributed by atoms with Gasteiger partial charge in [0.25, 0.3) is 0 Å². The van der Waals surface area contributed by atoms with Crippen molar-refractivity contribution in [2.45, 2.75) is 51.5 Å². The van der Waals surface area contributed by atoms with Crippen LogP contribution in [0.1, 0.15) is 45.4 Å². The minimum Gasteiger partial charge on any atom is -0.385 e. The quantitative estimate of drug-likeness (QED) is 0.637. The molecule has 0 spiro atoms. The summed E-state index contributed by atoms with van der Waals surface area (Å²) in [5, 5.41) is 2.73. The molecule has 1 atom stereocenters. The van der Waals surface area contributed by atoms with Crippen molar-refractivity contribution in [1.29, 1.82) is 0 Å². The Hall–Kier alpha value is -1.06. The van der Waals surface area contributed by atoms with Gasteiger partial charge in [0.1, 0.15) is 5.84 Å². The molecule has 14 heavy (non-hydrogen) atoms. The second-order valence-electron chi connectivity index (χ2n) is 3.74. The second kappa shape index (κ2) is 5.62. The number of rotatable bonds is 6. The molecule has 0 bridgehead atoms. The lowest BCUT2D eigenvalue weighted by Crippen LogP contribution is -2.35.